The number of benzene rings is 2. The number of carbonyl (C=O) groups is 2. The van der Waals surface area contributed by atoms with E-state index in [2.05, 4.69) is 0 Å². The van der Waals surface area contributed by atoms with Gasteiger partial charge >= 0.3 is 0 Å². The molecule has 4 rings (SSSR count). The summed E-state index contributed by atoms with van der Waals surface area (Å²) in [5.74, 6) is -0.634. The van der Waals surface area contributed by atoms with Crippen LogP contribution in [-0.2, 0) is 22.4 Å². The van der Waals surface area contributed by atoms with Crippen LogP contribution in [0.1, 0.15) is 41.1 Å². The zero-order valence-corrected chi connectivity index (χ0v) is 18.9. The SMILES string of the molecule is COc1ccc(C2/C(=C(/O)c3ccc4c(c3)CCCC4)C(=O)C(=O)N2CCN(C)C)cc1. The number of hydrogen-bond donors (Lipinski definition) is 1. The number of ether oxygens (including phenoxy) is 1. The molecule has 1 N–H and O–H groups in total. The Morgan fingerprint density at radius 1 is 1.06 bits per heavy atom. The zero-order valence-electron chi connectivity index (χ0n) is 18.9. The first-order chi connectivity index (χ1) is 15.4. The van der Waals surface area contributed by atoms with Crippen LogP contribution in [0.4, 0.5) is 0 Å². The highest BCUT2D eigenvalue weighted by molar-refractivity contribution is 6.46. The van der Waals surface area contributed by atoms with Gasteiger partial charge in [0.05, 0.1) is 18.7 Å². The Kier molecular flexibility index (Phi) is 6.33. The van der Waals surface area contributed by atoms with Gasteiger partial charge in [0.25, 0.3) is 11.7 Å². The van der Waals surface area contributed by atoms with Crippen LogP contribution in [0.2, 0.25) is 0 Å². The zero-order chi connectivity index (χ0) is 22.8. The fourth-order valence-corrected chi connectivity index (χ4v) is 4.59. The van der Waals surface area contributed by atoms with Crippen molar-refractivity contribution in [3.63, 3.8) is 0 Å². The second kappa shape index (κ2) is 9.17. The maximum absolute atomic E-state index is 13.1. The molecule has 1 amide bonds. The largest absolute Gasteiger partial charge is 0.507 e. The Morgan fingerprint density at radius 2 is 1.75 bits per heavy atom. The first-order valence-electron chi connectivity index (χ1n) is 11.1. The van der Waals surface area contributed by atoms with Crippen molar-refractivity contribution in [3.05, 3.63) is 70.3 Å². The number of likely N-dealkylation sites (N-methyl/N-ethyl adjacent to an activating group) is 1. The molecule has 1 saturated heterocycles. The van der Waals surface area contributed by atoms with Gasteiger partial charge in [-0.3, -0.25) is 9.59 Å². The molecule has 0 aromatic heterocycles. The first kappa shape index (κ1) is 22.1. The lowest BCUT2D eigenvalue weighted by molar-refractivity contribution is -0.140. The number of nitrogens with zero attached hydrogens (tertiary/aromatic N) is 2. The monoisotopic (exact) mass is 434 g/mol. The summed E-state index contributed by atoms with van der Waals surface area (Å²) in [6.07, 6.45) is 4.30. The third-order valence-electron chi connectivity index (χ3n) is 6.38. The molecular weight excluding hydrogens is 404 g/mol. The molecule has 1 aliphatic carbocycles. The Hall–Kier alpha value is -3.12. The topological polar surface area (TPSA) is 70.1 Å². The van der Waals surface area contributed by atoms with Crippen LogP contribution in [0, 0.1) is 0 Å². The number of amides is 1. The highest BCUT2D eigenvalue weighted by Gasteiger charge is 2.45. The number of hydrogen-bond acceptors (Lipinski definition) is 5. The van der Waals surface area contributed by atoms with Gasteiger partial charge in [0.1, 0.15) is 11.5 Å². The number of aliphatic hydroxyl groups excluding tert-OH is 1. The van der Waals surface area contributed by atoms with E-state index in [0.717, 1.165) is 24.8 Å². The summed E-state index contributed by atoms with van der Waals surface area (Å²) in [5, 5.41) is 11.3. The Morgan fingerprint density at radius 3 is 2.41 bits per heavy atom. The van der Waals surface area contributed by atoms with E-state index in [1.165, 1.54) is 17.5 Å². The summed E-state index contributed by atoms with van der Waals surface area (Å²) in [7, 11) is 5.44. The highest BCUT2D eigenvalue weighted by Crippen LogP contribution is 2.40. The number of fused-ring (bicyclic) bond motifs is 1. The summed E-state index contributed by atoms with van der Waals surface area (Å²) < 4.78 is 5.26. The van der Waals surface area contributed by atoms with Crippen molar-refractivity contribution in [1.29, 1.82) is 0 Å². The molecule has 1 fully saturated rings. The number of rotatable bonds is 6. The van der Waals surface area contributed by atoms with Crippen molar-refractivity contribution < 1.29 is 19.4 Å². The molecule has 6 heteroatoms. The van der Waals surface area contributed by atoms with E-state index in [-0.39, 0.29) is 11.3 Å². The number of ketones is 1. The predicted octanol–water partition coefficient (Wildman–Crippen LogP) is 3.56. The molecule has 168 valence electrons. The molecule has 32 heavy (non-hydrogen) atoms. The Labute approximate surface area is 189 Å². The van der Waals surface area contributed by atoms with E-state index in [1.54, 1.807) is 24.1 Å². The van der Waals surface area contributed by atoms with E-state index in [9.17, 15) is 14.7 Å². The van der Waals surface area contributed by atoms with E-state index in [4.69, 9.17) is 4.74 Å². The molecule has 0 radical (unpaired) electrons. The molecule has 2 aromatic carbocycles. The molecule has 2 aliphatic rings. The number of likely N-dealkylation sites (tertiary alicyclic amines) is 1. The average Bonchev–Trinajstić information content (AvgIpc) is 3.06. The van der Waals surface area contributed by atoms with Gasteiger partial charge in [-0.15, -0.1) is 0 Å². The predicted molar refractivity (Wildman–Crippen MR) is 124 cm³/mol. The molecule has 0 spiro atoms. The quantitative estimate of drug-likeness (QED) is 0.428. The average molecular weight is 435 g/mol. The van der Waals surface area contributed by atoms with Crippen molar-refractivity contribution in [3.8, 4) is 5.75 Å². The molecule has 0 bridgehead atoms. The molecule has 0 saturated carbocycles. The number of Topliss-reactive ketones (excluding diaryl/α,β-unsaturated/α-hetero) is 1. The van der Waals surface area contributed by atoms with E-state index >= 15 is 0 Å². The lowest BCUT2D eigenvalue weighted by Crippen LogP contribution is -2.35. The van der Waals surface area contributed by atoms with Crippen molar-refractivity contribution in [2.45, 2.75) is 31.7 Å². The smallest absolute Gasteiger partial charge is 0.295 e. The minimum absolute atomic E-state index is 0.107. The third-order valence-corrected chi connectivity index (χ3v) is 6.38. The summed E-state index contributed by atoms with van der Waals surface area (Å²) in [4.78, 5) is 29.6. The second-order valence-electron chi connectivity index (χ2n) is 8.76. The summed E-state index contributed by atoms with van der Waals surface area (Å²) in [6, 6.07) is 12.5. The molecule has 1 unspecified atom stereocenters. The van der Waals surface area contributed by atoms with Gasteiger partial charge in [0.15, 0.2) is 0 Å². The van der Waals surface area contributed by atoms with Gasteiger partial charge < -0.3 is 19.6 Å². The number of methoxy groups -OCH3 is 1. The standard InChI is InChI=1S/C26H30N2O4/c1-27(2)14-15-28-23(18-10-12-21(32-3)13-11-18)22(25(30)26(28)31)24(29)20-9-8-17-6-4-5-7-19(17)16-20/h8-13,16,23,29H,4-7,14-15H2,1-3H3/b24-22-. The van der Waals surface area contributed by atoms with Crippen molar-refractivity contribution in [2.24, 2.45) is 0 Å². The highest BCUT2D eigenvalue weighted by atomic mass is 16.5. The Balaban J connectivity index is 1.81. The number of aliphatic hydroxyl groups is 1. The fraction of sp³-hybridized carbons (Fsp3) is 0.385. The van der Waals surface area contributed by atoms with Crippen LogP contribution < -0.4 is 4.74 Å². The van der Waals surface area contributed by atoms with Gasteiger partial charge in [-0.05, 0) is 74.7 Å². The van der Waals surface area contributed by atoms with Gasteiger partial charge in [-0.1, -0.05) is 24.3 Å². The van der Waals surface area contributed by atoms with Crippen molar-refractivity contribution in [2.75, 3.05) is 34.3 Å². The maximum atomic E-state index is 13.1. The molecular formula is C26H30N2O4. The van der Waals surface area contributed by atoms with Crippen LogP contribution in [0.15, 0.2) is 48.0 Å². The number of carbonyl (C=O) groups excluding carboxylic acids is 2. The van der Waals surface area contributed by atoms with Crippen LogP contribution in [0.3, 0.4) is 0 Å². The lowest BCUT2D eigenvalue weighted by Gasteiger charge is -2.26. The maximum Gasteiger partial charge on any atom is 0.295 e. The lowest BCUT2D eigenvalue weighted by atomic mass is 9.88. The van der Waals surface area contributed by atoms with Crippen LogP contribution in [0.5, 0.6) is 5.75 Å². The first-order valence-corrected chi connectivity index (χ1v) is 11.1. The molecule has 6 nitrogen and oxygen atoms in total. The van der Waals surface area contributed by atoms with Gasteiger partial charge in [0.2, 0.25) is 0 Å². The van der Waals surface area contributed by atoms with Crippen LogP contribution >= 0.6 is 0 Å². The van der Waals surface area contributed by atoms with Gasteiger partial charge in [0, 0.05) is 18.7 Å². The molecule has 2 aromatic rings. The normalized spacial score (nSPS) is 20.0. The van der Waals surface area contributed by atoms with Crippen LogP contribution in [0.25, 0.3) is 5.76 Å². The second-order valence-corrected chi connectivity index (χ2v) is 8.76. The van der Waals surface area contributed by atoms with Gasteiger partial charge in [-0.2, -0.15) is 0 Å². The van der Waals surface area contributed by atoms with Crippen molar-refractivity contribution >= 4 is 17.4 Å². The van der Waals surface area contributed by atoms with E-state index < -0.39 is 17.7 Å². The van der Waals surface area contributed by atoms with Crippen LogP contribution in [-0.4, -0.2) is 60.9 Å². The van der Waals surface area contributed by atoms with E-state index in [1.807, 2.05) is 49.3 Å². The fourth-order valence-electron chi connectivity index (χ4n) is 4.59. The molecule has 1 aliphatic heterocycles. The minimum atomic E-state index is -0.642. The summed E-state index contributed by atoms with van der Waals surface area (Å²) in [6.45, 7) is 0.994. The van der Waals surface area contributed by atoms with Gasteiger partial charge in [-0.25, -0.2) is 0 Å². The summed E-state index contributed by atoms with van der Waals surface area (Å²) in [5.41, 5.74) is 4.02. The number of aryl methyl sites for hydroxylation is 2. The van der Waals surface area contributed by atoms with Crippen molar-refractivity contribution in [1.82, 2.24) is 9.80 Å². The summed E-state index contributed by atoms with van der Waals surface area (Å²) >= 11 is 0. The van der Waals surface area contributed by atoms with E-state index in [0.29, 0.717) is 24.4 Å². The Bertz CT molecular complexity index is 1060. The molecule has 1 heterocycles. The third kappa shape index (κ3) is 4.15. The minimum Gasteiger partial charge on any atom is -0.507 e. The molecule has 1 atom stereocenters.